The SMILES string of the molecule is COc1cc(Nc2ccc(Cl)cc2Br)c(N)cc1F. The Hall–Kier alpha value is -1.46. The zero-order valence-electron chi connectivity index (χ0n) is 10.0. The zero-order chi connectivity index (χ0) is 14.0. The van der Waals surface area contributed by atoms with Gasteiger partial charge in [-0.15, -0.1) is 0 Å². The van der Waals surface area contributed by atoms with Gasteiger partial charge in [-0.2, -0.15) is 0 Å². The van der Waals surface area contributed by atoms with Crippen LogP contribution >= 0.6 is 27.5 Å². The number of halogens is 3. The summed E-state index contributed by atoms with van der Waals surface area (Å²) >= 11 is 9.25. The lowest BCUT2D eigenvalue weighted by Gasteiger charge is -2.13. The minimum Gasteiger partial charge on any atom is -0.494 e. The number of nitrogen functional groups attached to an aromatic ring is 1. The summed E-state index contributed by atoms with van der Waals surface area (Å²) in [6.07, 6.45) is 0. The second kappa shape index (κ2) is 5.67. The van der Waals surface area contributed by atoms with E-state index >= 15 is 0 Å². The fraction of sp³-hybridized carbons (Fsp3) is 0.0769. The highest BCUT2D eigenvalue weighted by Crippen LogP contribution is 2.33. The smallest absolute Gasteiger partial charge is 0.167 e. The van der Waals surface area contributed by atoms with Crippen molar-refractivity contribution >= 4 is 44.6 Å². The molecule has 0 saturated heterocycles. The first kappa shape index (κ1) is 14.0. The summed E-state index contributed by atoms with van der Waals surface area (Å²) in [6, 6.07) is 8.00. The van der Waals surface area contributed by atoms with Crippen LogP contribution in [0.25, 0.3) is 0 Å². The van der Waals surface area contributed by atoms with Gasteiger partial charge in [0.2, 0.25) is 0 Å². The number of anilines is 3. The first-order valence-corrected chi connectivity index (χ1v) is 6.53. The van der Waals surface area contributed by atoms with Crippen LogP contribution in [0, 0.1) is 5.82 Å². The van der Waals surface area contributed by atoms with Gasteiger partial charge < -0.3 is 15.8 Å². The van der Waals surface area contributed by atoms with E-state index in [1.165, 1.54) is 19.2 Å². The second-order valence-electron chi connectivity index (χ2n) is 3.82. The van der Waals surface area contributed by atoms with Crippen molar-refractivity contribution in [1.82, 2.24) is 0 Å². The minimum absolute atomic E-state index is 0.127. The molecule has 0 unspecified atom stereocenters. The Bertz CT molecular complexity index is 622. The van der Waals surface area contributed by atoms with Crippen LogP contribution in [0.1, 0.15) is 0 Å². The molecule has 0 spiro atoms. The number of ether oxygens (including phenoxy) is 1. The van der Waals surface area contributed by atoms with Crippen molar-refractivity contribution < 1.29 is 9.13 Å². The molecular weight excluding hydrogens is 335 g/mol. The topological polar surface area (TPSA) is 47.3 Å². The summed E-state index contributed by atoms with van der Waals surface area (Å²) in [7, 11) is 1.40. The van der Waals surface area contributed by atoms with Crippen molar-refractivity contribution in [2.75, 3.05) is 18.2 Å². The van der Waals surface area contributed by atoms with Crippen molar-refractivity contribution in [3.63, 3.8) is 0 Å². The quantitative estimate of drug-likeness (QED) is 0.801. The lowest BCUT2D eigenvalue weighted by Crippen LogP contribution is -1.99. The summed E-state index contributed by atoms with van der Waals surface area (Å²) < 4.78 is 19.1. The van der Waals surface area contributed by atoms with Crippen molar-refractivity contribution in [1.29, 1.82) is 0 Å². The first-order valence-electron chi connectivity index (χ1n) is 5.36. The number of nitrogens with one attached hydrogen (secondary N) is 1. The lowest BCUT2D eigenvalue weighted by molar-refractivity contribution is 0.387. The Kier molecular flexibility index (Phi) is 4.17. The van der Waals surface area contributed by atoms with Crippen LogP contribution in [-0.2, 0) is 0 Å². The third-order valence-electron chi connectivity index (χ3n) is 2.52. The number of rotatable bonds is 3. The molecule has 19 heavy (non-hydrogen) atoms. The predicted molar refractivity (Wildman–Crippen MR) is 79.8 cm³/mol. The van der Waals surface area contributed by atoms with Gasteiger partial charge in [0, 0.05) is 21.6 Å². The fourth-order valence-electron chi connectivity index (χ4n) is 1.57. The molecule has 0 bridgehead atoms. The molecule has 2 rings (SSSR count). The van der Waals surface area contributed by atoms with Crippen molar-refractivity contribution in [2.24, 2.45) is 0 Å². The van der Waals surface area contributed by atoms with Gasteiger partial charge in [-0.25, -0.2) is 4.39 Å². The number of benzene rings is 2. The van der Waals surface area contributed by atoms with E-state index in [1.54, 1.807) is 18.2 Å². The minimum atomic E-state index is -0.499. The molecular formula is C13H11BrClFN2O. The van der Waals surface area contributed by atoms with Crippen LogP contribution < -0.4 is 15.8 Å². The number of hydrogen-bond acceptors (Lipinski definition) is 3. The van der Waals surface area contributed by atoms with Gasteiger partial charge in [0.25, 0.3) is 0 Å². The average Bonchev–Trinajstić information content (AvgIpc) is 2.35. The molecule has 0 heterocycles. The number of nitrogens with two attached hydrogens (primary N) is 1. The summed E-state index contributed by atoms with van der Waals surface area (Å²) in [5.74, 6) is -0.373. The van der Waals surface area contributed by atoms with Crippen LogP contribution in [-0.4, -0.2) is 7.11 Å². The fourth-order valence-corrected chi connectivity index (χ4v) is 2.35. The van der Waals surface area contributed by atoms with Crippen LogP contribution in [0.4, 0.5) is 21.5 Å². The Morgan fingerprint density at radius 1 is 1.26 bits per heavy atom. The molecule has 0 atom stereocenters. The molecule has 0 aliphatic heterocycles. The van der Waals surface area contributed by atoms with Crippen molar-refractivity contribution in [3.8, 4) is 5.75 Å². The highest BCUT2D eigenvalue weighted by atomic mass is 79.9. The van der Waals surface area contributed by atoms with Gasteiger partial charge in [-0.3, -0.25) is 0 Å². The largest absolute Gasteiger partial charge is 0.494 e. The highest BCUT2D eigenvalue weighted by molar-refractivity contribution is 9.10. The van der Waals surface area contributed by atoms with E-state index in [-0.39, 0.29) is 5.75 Å². The van der Waals surface area contributed by atoms with Crippen molar-refractivity contribution in [3.05, 3.63) is 45.6 Å². The van der Waals surface area contributed by atoms with E-state index in [0.717, 1.165) is 10.2 Å². The molecule has 2 aromatic carbocycles. The Labute approximate surface area is 123 Å². The Morgan fingerprint density at radius 2 is 2.00 bits per heavy atom. The summed E-state index contributed by atoms with van der Waals surface area (Å²) in [5.41, 5.74) is 7.39. The van der Waals surface area contributed by atoms with Gasteiger partial charge in [-0.1, -0.05) is 11.6 Å². The molecule has 0 aromatic heterocycles. The van der Waals surface area contributed by atoms with Crippen molar-refractivity contribution in [2.45, 2.75) is 0 Å². The highest BCUT2D eigenvalue weighted by Gasteiger charge is 2.10. The molecule has 100 valence electrons. The van der Waals surface area contributed by atoms with Gasteiger partial charge in [0.1, 0.15) is 0 Å². The summed E-state index contributed by atoms with van der Waals surface area (Å²) in [4.78, 5) is 0. The molecule has 2 aromatic rings. The molecule has 3 nitrogen and oxygen atoms in total. The molecule has 0 amide bonds. The van der Waals surface area contributed by atoms with E-state index in [9.17, 15) is 4.39 Å². The van der Waals surface area contributed by atoms with E-state index in [2.05, 4.69) is 21.2 Å². The maximum Gasteiger partial charge on any atom is 0.167 e. The number of methoxy groups -OCH3 is 1. The Morgan fingerprint density at radius 3 is 2.63 bits per heavy atom. The van der Waals surface area contributed by atoms with Crippen LogP contribution in [0.3, 0.4) is 0 Å². The average molecular weight is 346 g/mol. The zero-order valence-corrected chi connectivity index (χ0v) is 12.3. The standard InChI is InChI=1S/C13H11BrClFN2O/c1-19-13-6-12(10(17)5-9(13)16)18-11-3-2-7(15)4-8(11)14/h2-6,18H,17H2,1H3. The van der Waals surface area contributed by atoms with Gasteiger partial charge in [0.15, 0.2) is 11.6 Å². The van der Waals surface area contributed by atoms with E-state index in [1.807, 2.05) is 0 Å². The molecule has 0 aliphatic carbocycles. The summed E-state index contributed by atoms with van der Waals surface area (Å²) in [6.45, 7) is 0. The molecule has 3 N–H and O–H groups in total. The predicted octanol–water partition coefficient (Wildman–Crippen LogP) is 4.58. The third-order valence-corrected chi connectivity index (χ3v) is 3.42. The van der Waals surface area contributed by atoms with Crippen LogP contribution in [0.2, 0.25) is 5.02 Å². The maximum absolute atomic E-state index is 13.4. The van der Waals surface area contributed by atoms with Crippen LogP contribution in [0.5, 0.6) is 5.75 Å². The van der Waals surface area contributed by atoms with E-state index in [4.69, 9.17) is 22.1 Å². The number of hydrogen-bond donors (Lipinski definition) is 2. The van der Waals surface area contributed by atoms with Crippen LogP contribution in [0.15, 0.2) is 34.8 Å². The maximum atomic E-state index is 13.4. The van der Waals surface area contributed by atoms with Gasteiger partial charge in [-0.05, 0) is 34.1 Å². The normalized spacial score (nSPS) is 10.3. The third kappa shape index (κ3) is 3.11. The second-order valence-corrected chi connectivity index (χ2v) is 5.11. The molecule has 0 fully saturated rings. The monoisotopic (exact) mass is 344 g/mol. The first-order chi connectivity index (χ1) is 9.01. The van der Waals surface area contributed by atoms with Gasteiger partial charge >= 0.3 is 0 Å². The molecule has 0 aliphatic rings. The lowest BCUT2D eigenvalue weighted by atomic mass is 10.2. The Balaban J connectivity index is 2.37. The van der Waals surface area contributed by atoms with E-state index < -0.39 is 5.82 Å². The molecule has 0 saturated carbocycles. The molecule has 6 heteroatoms. The van der Waals surface area contributed by atoms with Gasteiger partial charge in [0.05, 0.1) is 24.2 Å². The molecule has 0 radical (unpaired) electrons. The summed E-state index contributed by atoms with van der Waals surface area (Å²) in [5, 5.41) is 3.71. The van der Waals surface area contributed by atoms with E-state index in [0.29, 0.717) is 16.4 Å².